The fourth-order valence-corrected chi connectivity index (χ4v) is 3.98. The lowest BCUT2D eigenvalue weighted by molar-refractivity contribution is -0.115. The highest BCUT2D eigenvalue weighted by Crippen LogP contribution is 2.27. The lowest BCUT2D eigenvalue weighted by atomic mass is 10.1. The molecule has 0 radical (unpaired) electrons. The molecule has 6 nitrogen and oxygen atoms in total. The van der Waals surface area contributed by atoms with Gasteiger partial charge in [0, 0.05) is 0 Å². The largest absolute Gasteiger partial charge is 0.489 e. The molecule has 0 saturated carbocycles. The monoisotopic (exact) mass is 407 g/mol. The molecule has 4 aromatic rings. The molecule has 2 aromatic carbocycles. The fraction of sp³-hybridized carbons (Fsp3) is 0.227. The van der Waals surface area contributed by atoms with Gasteiger partial charge in [0.2, 0.25) is 5.91 Å². The highest BCUT2D eigenvalue weighted by atomic mass is 32.1. The van der Waals surface area contributed by atoms with Crippen LogP contribution in [0.1, 0.15) is 28.1 Å². The Balaban J connectivity index is 1.34. The van der Waals surface area contributed by atoms with Gasteiger partial charge in [0.1, 0.15) is 18.1 Å². The molecule has 0 saturated heterocycles. The lowest BCUT2D eigenvalue weighted by Crippen LogP contribution is -2.14. The molecule has 1 N–H and O–H groups in total. The number of rotatable bonds is 6. The number of carbonyl (C=O) groups is 1. The van der Waals surface area contributed by atoms with E-state index in [1.807, 2.05) is 57.2 Å². The van der Waals surface area contributed by atoms with E-state index in [0.29, 0.717) is 11.7 Å². The average molecular weight is 407 g/mol. The topological polar surface area (TPSA) is 77.2 Å². The van der Waals surface area contributed by atoms with Crippen LogP contribution in [0.25, 0.3) is 10.2 Å². The molecule has 0 unspecified atom stereocenters. The second-order valence-electron chi connectivity index (χ2n) is 6.95. The molecule has 0 aliphatic carbocycles. The predicted molar refractivity (Wildman–Crippen MR) is 113 cm³/mol. The quantitative estimate of drug-likeness (QED) is 0.488. The number of aryl methyl sites for hydroxylation is 3. The Hall–Kier alpha value is -3.19. The third kappa shape index (κ3) is 4.46. The first-order valence-corrected chi connectivity index (χ1v) is 10.1. The van der Waals surface area contributed by atoms with Gasteiger partial charge in [0.25, 0.3) is 0 Å². The van der Waals surface area contributed by atoms with Gasteiger partial charge >= 0.3 is 0 Å². The first kappa shape index (κ1) is 19.1. The number of benzene rings is 2. The molecule has 0 fully saturated rings. The van der Waals surface area contributed by atoms with Crippen molar-refractivity contribution in [1.82, 2.24) is 10.1 Å². The highest BCUT2D eigenvalue weighted by molar-refractivity contribution is 7.22. The number of fused-ring (bicyclic) bond motifs is 1. The Kier molecular flexibility index (Phi) is 5.31. The molecule has 0 aliphatic heterocycles. The summed E-state index contributed by atoms with van der Waals surface area (Å²) >= 11 is 1.48. The number of anilines is 1. The SMILES string of the molecule is Cc1ccc2nc(NC(=O)Cc3ccc(OCc4c(C)noc4C)cc3)sc2c1. The van der Waals surface area contributed by atoms with Gasteiger partial charge in [-0.05, 0) is 56.2 Å². The van der Waals surface area contributed by atoms with Crippen LogP contribution in [0, 0.1) is 20.8 Å². The van der Waals surface area contributed by atoms with Crippen LogP contribution in [0.4, 0.5) is 5.13 Å². The molecular weight excluding hydrogens is 386 g/mol. The third-order valence-corrected chi connectivity index (χ3v) is 5.58. The normalized spacial score (nSPS) is 11.0. The average Bonchev–Trinajstić information content (AvgIpc) is 3.23. The zero-order valence-electron chi connectivity index (χ0n) is 16.5. The van der Waals surface area contributed by atoms with Crippen LogP contribution in [0.15, 0.2) is 47.0 Å². The molecule has 1 amide bonds. The summed E-state index contributed by atoms with van der Waals surface area (Å²) in [6.07, 6.45) is 0.277. The number of aromatic nitrogens is 2. The van der Waals surface area contributed by atoms with Gasteiger partial charge in [0.05, 0.1) is 27.9 Å². The van der Waals surface area contributed by atoms with E-state index in [-0.39, 0.29) is 12.3 Å². The summed E-state index contributed by atoms with van der Waals surface area (Å²) < 4.78 is 12.0. The molecule has 0 spiro atoms. The summed E-state index contributed by atoms with van der Waals surface area (Å²) in [5.41, 5.74) is 4.77. The minimum Gasteiger partial charge on any atom is -0.489 e. The van der Waals surface area contributed by atoms with Crippen LogP contribution in [-0.4, -0.2) is 16.0 Å². The van der Waals surface area contributed by atoms with E-state index in [4.69, 9.17) is 9.26 Å². The van der Waals surface area contributed by atoms with E-state index < -0.39 is 0 Å². The van der Waals surface area contributed by atoms with Gasteiger partial charge in [0.15, 0.2) is 5.13 Å². The van der Waals surface area contributed by atoms with E-state index in [2.05, 4.69) is 21.5 Å². The molecule has 29 heavy (non-hydrogen) atoms. The molecule has 2 aromatic heterocycles. The molecule has 0 atom stereocenters. The van der Waals surface area contributed by atoms with E-state index in [0.717, 1.165) is 38.5 Å². The number of nitrogens with zero attached hydrogens (tertiary/aromatic N) is 2. The molecule has 0 bridgehead atoms. The van der Waals surface area contributed by atoms with Crippen molar-refractivity contribution in [3.05, 3.63) is 70.6 Å². The molecule has 2 heterocycles. The van der Waals surface area contributed by atoms with Gasteiger partial charge in [-0.15, -0.1) is 0 Å². The van der Waals surface area contributed by atoms with Crippen LogP contribution < -0.4 is 10.1 Å². The third-order valence-electron chi connectivity index (χ3n) is 4.64. The smallest absolute Gasteiger partial charge is 0.230 e. The summed E-state index contributed by atoms with van der Waals surface area (Å²) in [5.74, 6) is 1.40. The first-order valence-electron chi connectivity index (χ1n) is 9.28. The number of carbonyl (C=O) groups excluding carboxylic acids is 1. The van der Waals surface area contributed by atoms with Crippen LogP contribution in [0.5, 0.6) is 5.75 Å². The Bertz CT molecular complexity index is 1140. The lowest BCUT2D eigenvalue weighted by Gasteiger charge is -2.07. The van der Waals surface area contributed by atoms with Gasteiger partial charge in [-0.25, -0.2) is 4.98 Å². The maximum atomic E-state index is 12.4. The zero-order valence-corrected chi connectivity index (χ0v) is 17.3. The second kappa shape index (κ2) is 8.05. The van der Waals surface area contributed by atoms with Gasteiger partial charge in [-0.2, -0.15) is 0 Å². The van der Waals surface area contributed by atoms with Crippen molar-refractivity contribution in [2.75, 3.05) is 5.32 Å². The Labute approximate surface area is 172 Å². The van der Waals surface area contributed by atoms with Crippen molar-refractivity contribution < 1.29 is 14.1 Å². The molecule has 0 aliphatic rings. The minimum atomic E-state index is -0.0924. The first-order chi connectivity index (χ1) is 14.0. The Morgan fingerprint density at radius 3 is 2.66 bits per heavy atom. The predicted octanol–water partition coefficient (Wildman–Crippen LogP) is 4.97. The van der Waals surface area contributed by atoms with Crippen LogP contribution in [0.3, 0.4) is 0 Å². The summed E-state index contributed by atoms with van der Waals surface area (Å²) in [6.45, 7) is 6.20. The van der Waals surface area contributed by atoms with Crippen molar-refractivity contribution in [2.24, 2.45) is 0 Å². The number of nitrogens with one attached hydrogen (secondary N) is 1. The summed E-state index contributed by atoms with van der Waals surface area (Å²) in [6, 6.07) is 13.6. The number of hydrogen-bond acceptors (Lipinski definition) is 6. The minimum absolute atomic E-state index is 0.0924. The van der Waals surface area contributed by atoms with Crippen molar-refractivity contribution in [3.8, 4) is 5.75 Å². The van der Waals surface area contributed by atoms with Gasteiger partial charge < -0.3 is 14.6 Å². The Morgan fingerprint density at radius 2 is 1.93 bits per heavy atom. The number of ether oxygens (including phenoxy) is 1. The Morgan fingerprint density at radius 1 is 1.14 bits per heavy atom. The number of hydrogen-bond donors (Lipinski definition) is 1. The highest BCUT2D eigenvalue weighted by Gasteiger charge is 2.11. The number of thiazole rings is 1. The van der Waals surface area contributed by atoms with Crippen LogP contribution in [0.2, 0.25) is 0 Å². The van der Waals surface area contributed by atoms with Crippen molar-refractivity contribution in [3.63, 3.8) is 0 Å². The van der Waals surface area contributed by atoms with Crippen LogP contribution in [-0.2, 0) is 17.8 Å². The second-order valence-corrected chi connectivity index (χ2v) is 7.98. The maximum absolute atomic E-state index is 12.4. The summed E-state index contributed by atoms with van der Waals surface area (Å²) in [4.78, 5) is 16.8. The van der Waals surface area contributed by atoms with E-state index >= 15 is 0 Å². The van der Waals surface area contributed by atoms with Crippen LogP contribution >= 0.6 is 11.3 Å². The van der Waals surface area contributed by atoms with Crippen molar-refractivity contribution in [2.45, 2.75) is 33.8 Å². The molecule has 4 rings (SSSR count). The zero-order chi connectivity index (χ0) is 20.4. The van der Waals surface area contributed by atoms with E-state index in [1.54, 1.807) is 0 Å². The van der Waals surface area contributed by atoms with E-state index in [9.17, 15) is 4.79 Å². The maximum Gasteiger partial charge on any atom is 0.230 e. The van der Waals surface area contributed by atoms with Gasteiger partial charge in [-0.3, -0.25) is 4.79 Å². The van der Waals surface area contributed by atoms with Crippen molar-refractivity contribution in [1.29, 1.82) is 0 Å². The number of amides is 1. The fourth-order valence-electron chi connectivity index (χ4n) is 3.00. The standard InChI is InChI=1S/C22H21N3O3S/c1-13-4-9-19-20(10-13)29-22(23-19)24-21(26)11-16-5-7-17(8-6-16)27-12-18-14(2)25-28-15(18)3/h4-10H,11-12H2,1-3H3,(H,23,24,26). The molecular formula is C22H21N3O3S. The summed E-state index contributed by atoms with van der Waals surface area (Å²) in [7, 11) is 0. The van der Waals surface area contributed by atoms with Gasteiger partial charge in [-0.1, -0.05) is 34.7 Å². The molecule has 7 heteroatoms. The van der Waals surface area contributed by atoms with E-state index in [1.165, 1.54) is 16.9 Å². The van der Waals surface area contributed by atoms with Crippen molar-refractivity contribution >= 4 is 32.6 Å². The molecule has 148 valence electrons. The summed E-state index contributed by atoms with van der Waals surface area (Å²) in [5, 5.41) is 7.43.